The number of nitrogens with one attached hydrogen (secondary N) is 1. The number of hydrogen-bond donors (Lipinski definition) is 1. The van der Waals surface area contributed by atoms with Crippen molar-refractivity contribution in [2.24, 2.45) is 16.8 Å². The van der Waals surface area contributed by atoms with Crippen molar-refractivity contribution in [1.29, 1.82) is 5.26 Å². The number of rotatable bonds is 2. The first-order valence-corrected chi connectivity index (χ1v) is 6.72. The van der Waals surface area contributed by atoms with Gasteiger partial charge in [-0.15, -0.1) is 0 Å². The van der Waals surface area contributed by atoms with Crippen LogP contribution in [0.4, 0.5) is 0 Å². The zero-order valence-corrected chi connectivity index (χ0v) is 10.3. The molecule has 1 saturated carbocycles. The number of amidine groups is 1. The van der Waals surface area contributed by atoms with Gasteiger partial charge < -0.3 is 0 Å². The highest BCUT2D eigenvalue weighted by Crippen LogP contribution is 2.28. The van der Waals surface area contributed by atoms with Crippen molar-refractivity contribution in [3.63, 3.8) is 0 Å². The van der Waals surface area contributed by atoms with Crippen molar-refractivity contribution < 1.29 is 0 Å². The molecule has 1 aliphatic rings. The summed E-state index contributed by atoms with van der Waals surface area (Å²) in [5.41, 5.74) is 0. The molecule has 0 amide bonds. The quantitative estimate of drug-likeness (QED) is 0.340. The molecule has 15 heavy (non-hydrogen) atoms. The van der Waals surface area contributed by atoms with Crippen LogP contribution in [0, 0.1) is 23.3 Å². The monoisotopic (exact) mass is 225 g/mol. The average molecular weight is 225 g/mol. The summed E-state index contributed by atoms with van der Waals surface area (Å²) in [6.45, 7) is 3.19. The molecule has 1 fully saturated rings. The van der Waals surface area contributed by atoms with Crippen molar-refractivity contribution in [2.75, 3.05) is 12.8 Å². The molecule has 0 radical (unpaired) electrons. The minimum absolute atomic E-state index is 0.719. The smallest absolute Gasteiger partial charge is 0.183 e. The Kier molecular flexibility index (Phi) is 5.56. The first-order chi connectivity index (χ1) is 7.26. The third-order valence-corrected chi connectivity index (χ3v) is 3.51. The van der Waals surface area contributed by atoms with Crippen LogP contribution in [0.5, 0.6) is 0 Å². The molecule has 1 rings (SSSR count). The van der Waals surface area contributed by atoms with Crippen LogP contribution >= 0.6 is 11.8 Å². The predicted molar refractivity (Wildman–Crippen MR) is 65.7 cm³/mol. The Morgan fingerprint density at radius 3 is 3.00 bits per heavy atom. The summed E-state index contributed by atoms with van der Waals surface area (Å²) in [5.74, 6) is 1.57. The Bertz CT molecular complexity index is 257. The summed E-state index contributed by atoms with van der Waals surface area (Å²) in [7, 11) is 0. The molecule has 84 valence electrons. The number of hydrogen-bond acceptors (Lipinski definition) is 3. The Balaban J connectivity index is 2.37. The third kappa shape index (κ3) is 4.57. The van der Waals surface area contributed by atoms with Crippen molar-refractivity contribution in [2.45, 2.75) is 32.6 Å². The van der Waals surface area contributed by atoms with E-state index in [-0.39, 0.29) is 0 Å². The fourth-order valence-electron chi connectivity index (χ4n) is 2.14. The average Bonchev–Trinajstić information content (AvgIpc) is 2.24. The molecule has 0 aliphatic heterocycles. The molecule has 0 saturated heterocycles. The highest BCUT2D eigenvalue weighted by atomic mass is 32.2. The second-order valence-electron chi connectivity index (χ2n) is 4.22. The van der Waals surface area contributed by atoms with Gasteiger partial charge >= 0.3 is 0 Å². The van der Waals surface area contributed by atoms with E-state index < -0.39 is 0 Å². The molecule has 0 aromatic heterocycles. The summed E-state index contributed by atoms with van der Waals surface area (Å²) in [6.07, 6.45) is 9.14. The molecule has 0 heterocycles. The summed E-state index contributed by atoms with van der Waals surface area (Å²) in [6, 6.07) is 0. The van der Waals surface area contributed by atoms with E-state index in [0.29, 0.717) is 0 Å². The lowest BCUT2D eigenvalue weighted by atomic mass is 9.82. The molecule has 3 nitrogen and oxygen atoms in total. The molecule has 0 bridgehead atoms. The number of nitrogens with zero attached hydrogens (tertiary/aromatic N) is 2. The van der Waals surface area contributed by atoms with Gasteiger partial charge in [0.2, 0.25) is 0 Å². The zero-order valence-electron chi connectivity index (χ0n) is 9.49. The minimum atomic E-state index is 0.719. The van der Waals surface area contributed by atoms with Gasteiger partial charge in [-0.05, 0) is 30.9 Å². The highest BCUT2D eigenvalue weighted by molar-refractivity contribution is 8.13. The minimum Gasteiger partial charge on any atom is -0.272 e. The molecule has 2 unspecified atom stereocenters. The molecule has 1 aliphatic carbocycles. The van der Waals surface area contributed by atoms with Crippen LogP contribution in [-0.4, -0.2) is 18.0 Å². The van der Waals surface area contributed by atoms with E-state index >= 15 is 0 Å². The third-order valence-electron chi connectivity index (χ3n) is 2.89. The van der Waals surface area contributed by atoms with Gasteiger partial charge in [-0.3, -0.25) is 10.3 Å². The predicted octanol–water partition coefficient (Wildman–Crippen LogP) is 2.60. The Labute approximate surface area is 96.3 Å². The standard InChI is InChI=1S/C11H19N3S/c1-9-4-3-5-10(6-9)7-13-11(15-2)14-8-12/h9-10H,3-7H2,1-2H3,(H,13,14). The summed E-state index contributed by atoms with van der Waals surface area (Å²) < 4.78 is 0. The molecule has 0 aromatic carbocycles. The second kappa shape index (κ2) is 6.73. The Morgan fingerprint density at radius 1 is 1.60 bits per heavy atom. The van der Waals surface area contributed by atoms with Gasteiger partial charge in [-0.2, -0.15) is 5.26 Å². The van der Waals surface area contributed by atoms with Crippen LogP contribution in [-0.2, 0) is 0 Å². The fourth-order valence-corrected chi connectivity index (χ4v) is 2.49. The normalized spacial score (nSPS) is 27.1. The van der Waals surface area contributed by atoms with E-state index in [1.165, 1.54) is 37.4 Å². The van der Waals surface area contributed by atoms with E-state index in [9.17, 15) is 0 Å². The van der Waals surface area contributed by atoms with E-state index in [4.69, 9.17) is 5.26 Å². The van der Waals surface area contributed by atoms with Gasteiger partial charge in [0.15, 0.2) is 11.4 Å². The van der Waals surface area contributed by atoms with Gasteiger partial charge in [0, 0.05) is 6.54 Å². The largest absolute Gasteiger partial charge is 0.272 e. The Morgan fingerprint density at radius 2 is 2.40 bits per heavy atom. The number of nitriles is 1. The van der Waals surface area contributed by atoms with Gasteiger partial charge in [0.25, 0.3) is 0 Å². The van der Waals surface area contributed by atoms with Gasteiger partial charge in [0.05, 0.1) is 0 Å². The van der Waals surface area contributed by atoms with E-state index in [1.807, 2.05) is 12.4 Å². The maximum absolute atomic E-state index is 8.49. The molecule has 1 N–H and O–H groups in total. The summed E-state index contributed by atoms with van der Waals surface area (Å²) in [5, 5.41) is 11.8. The topological polar surface area (TPSA) is 48.2 Å². The van der Waals surface area contributed by atoms with E-state index in [1.54, 1.807) is 0 Å². The molecule has 2 atom stereocenters. The molecular formula is C11H19N3S. The molecular weight excluding hydrogens is 206 g/mol. The first-order valence-electron chi connectivity index (χ1n) is 5.49. The lowest BCUT2D eigenvalue weighted by Gasteiger charge is -2.25. The van der Waals surface area contributed by atoms with E-state index in [2.05, 4.69) is 17.2 Å². The SMILES string of the molecule is CSC(=NCC1CCCC(C)C1)NC#N. The maximum atomic E-state index is 8.49. The van der Waals surface area contributed by atoms with Crippen LogP contribution in [0.15, 0.2) is 4.99 Å². The highest BCUT2D eigenvalue weighted by Gasteiger charge is 2.18. The molecule has 4 heteroatoms. The van der Waals surface area contributed by atoms with Gasteiger partial charge in [-0.1, -0.05) is 31.5 Å². The maximum Gasteiger partial charge on any atom is 0.183 e. The fraction of sp³-hybridized carbons (Fsp3) is 0.818. The second-order valence-corrected chi connectivity index (χ2v) is 5.02. The van der Waals surface area contributed by atoms with Gasteiger partial charge in [-0.25, -0.2) is 0 Å². The zero-order chi connectivity index (χ0) is 11.1. The van der Waals surface area contributed by atoms with Crippen LogP contribution in [0.25, 0.3) is 0 Å². The Hall–Kier alpha value is -0.690. The summed E-state index contributed by atoms with van der Waals surface area (Å²) >= 11 is 1.50. The van der Waals surface area contributed by atoms with Crippen LogP contribution in [0.1, 0.15) is 32.6 Å². The van der Waals surface area contributed by atoms with Crippen LogP contribution < -0.4 is 5.32 Å². The van der Waals surface area contributed by atoms with Crippen LogP contribution in [0.3, 0.4) is 0 Å². The first kappa shape index (κ1) is 12.4. The number of thioether (sulfide) groups is 1. The lowest BCUT2D eigenvalue weighted by molar-refractivity contribution is 0.289. The number of aliphatic imine (C=N–C) groups is 1. The van der Waals surface area contributed by atoms with E-state index in [0.717, 1.165) is 23.5 Å². The molecule has 0 spiro atoms. The van der Waals surface area contributed by atoms with Crippen LogP contribution in [0.2, 0.25) is 0 Å². The van der Waals surface area contributed by atoms with Crippen molar-refractivity contribution in [3.05, 3.63) is 0 Å². The van der Waals surface area contributed by atoms with Crippen molar-refractivity contribution >= 4 is 16.9 Å². The summed E-state index contributed by atoms with van der Waals surface area (Å²) in [4.78, 5) is 4.44. The van der Waals surface area contributed by atoms with Crippen molar-refractivity contribution in [1.82, 2.24) is 5.32 Å². The molecule has 0 aromatic rings. The lowest BCUT2D eigenvalue weighted by Crippen LogP contribution is -2.19. The van der Waals surface area contributed by atoms with Crippen molar-refractivity contribution in [3.8, 4) is 6.19 Å². The van der Waals surface area contributed by atoms with Gasteiger partial charge in [0.1, 0.15) is 0 Å².